The fraction of sp³-hybridized carbons (Fsp3) is 0.500. The number of benzene rings is 1. The van der Waals surface area contributed by atoms with E-state index in [1.807, 2.05) is 6.92 Å². The van der Waals surface area contributed by atoms with Gasteiger partial charge in [-0.3, -0.25) is 9.69 Å². The molecule has 0 aliphatic carbocycles. The molecule has 1 atom stereocenters. The molecule has 0 spiro atoms. The summed E-state index contributed by atoms with van der Waals surface area (Å²) in [7, 11) is -4.07. The Hall–Kier alpha value is -1.89. The highest BCUT2D eigenvalue weighted by atomic mass is 127. The Kier molecular flexibility index (Phi) is 7.14. The van der Waals surface area contributed by atoms with E-state index in [0.29, 0.717) is 12.8 Å². The van der Waals surface area contributed by atoms with Crippen LogP contribution in [0.2, 0.25) is 0 Å². The summed E-state index contributed by atoms with van der Waals surface area (Å²) in [5.74, 6) is -0.925. The number of ether oxygens (including phenoxy) is 1. The van der Waals surface area contributed by atoms with Gasteiger partial charge in [-0.2, -0.15) is 8.42 Å². The van der Waals surface area contributed by atoms with Crippen molar-refractivity contribution in [3.63, 3.8) is 0 Å². The highest BCUT2D eigenvalue weighted by Crippen LogP contribution is 2.24. The molecule has 1 aliphatic rings. The fourth-order valence-corrected chi connectivity index (χ4v) is 4.21. The largest absolute Gasteiger partial charge is 0.443 e. The lowest BCUT2D eigenvalue weighted by Crippen LogP contribution is -2.55. The molecule has 0 unspecified atom stereocenters. The zero-order valence-electron chi connectivity index (χ0n) is 16.8. The maximum atomic E-state index is 12.9. The van der Waals surface area contributed by atoms with Crippen molar-refractivity contribution in [2.75, 3.05) is 6.54 Å². The van der Waals surface area contributed by atoms with Crippen LogP contribution >= 0.6 is 22.9 Å². The van der Waals surface area contributed by atoms with Crippen molar-refractivity contribution in [1.29, 1.82) is 0 Å². The molecule has 1 aromatic carbocycles. The smallest absolute Gasteiger partial charge is 0.419 e. The zero-order chi connectivity index (χ0) is 22.0. The molecule has 29 heavy (non-hydrogen) atoms. The third-order valence-corrected chi connectivity index (χ3v) is 6.42. The van der Waals surface area contributed by atoms with Crippen molar-refractivity contribution in [3.05, 3.63) is 29.8 Å². The van der Waals surface area contributed by atoms with Crippen LogP contribution in [-0.4, -0.2) is 52.6 Å². The second kappa shape index (κ2) is 8.86. The first kappa shape index (κ1) is 23.4. The van der Waals surface area contributed by atoms with Crippen LogP contribution in [0.15, 0.2) is 33.6 Å². The molecule has 2 rings (SSSR count). The Balaban J connectivity index is 2.21. The molecular formula is C18H25IN4O5S. The summed E-state index contributed by atoms with van der Waals surface area (Å²) in [5, 5.41) is 0. The number of halogens is 1. The van der Waals surface area contributed by atoms with Crippen molar-refractivity contribution in [3.8, 4) is 0 Å². The number of hydrogen-bond donors (Lipinski definition) is 1. The lowest BCUT2D eigenvalue weighted by molar-refractivity contribution is -0.133. The van der Waals surface area contributed by atoms with E-state index in [4.69, 9.17) is 10.5 Å². The van der Waals surface area contributed by atoms with Crippen LogP contribution in [0.1, 0.15) is 39.2 Å². The molecule has 9 nitrogen and oxygen atoms in total. The summed E-state index contributed by atoms with van der Waals surface area (Å²) < 4.78 is 35.1. The van der Waals surface area contributed by atoms with Crippen LogP contribution < -0.4 is 5.73 Å². The van der Waals surface area contributed by atoms with Crippen LogP contribution in [0.25, 0.3) is 0 Å². The SMILES string of the molecule is Cc1ccc(S(=O)(=O)/N=C(\N)N2CCC[C@H](N(I)C(=O)OC(C)(C)C)C2=O)cc1. The number of hydrogen-bond acceptors (Lipinski definition) is 5. The molecule has 1 aliphatic heterocycles. The minimum Gasteiger partial charge on any atom is -0.443 e. The van der Waals surface area contributed by atoms with E-state index in [-0.39, 0.29) is 11.4 Å². The number of rotatable bonds is 3. The lowest BCUT2D eigenvalue weighted by Gasteiger charge is -2.35. The Morgan fingerprint density at radius 1 is 1.31 bits per heavy atom. The normalized spacial score (nSPS) is 18.5. The van der Waals surface area contributed by atoms with Gasteiger partial charge in [0.25, 0.3) is 15.9 Å². The molecule has 11 heteroatoms. The average molecular weight is 536 g/mol. The van der Waals surface area contributed by atoms with Crippen molar-refractivity contribution in [1.82, 2.24) is 8.01 Å². The molecule has 1 fully saturated rings. The number of nitrogens with zero attached hydrogens (tertiary/aromatic N) is 3. The van der Waals surface area contributed by atoms with Gasteiger partial charge in [-0.25, -0.2) is 7.91 Å². The summed E-state index contributed by atoms with van der Waals surface area (Å²) in [5.41, 5.74) is 6.07. The minimum atomic E-state index is -4.07. The number of aryl methyl sites for hydroxylation is 1. The quantitative estimate of drug-likeness (QED) is 0.274. The molecule has 2 N–H and O–H groups in total. The third-order valence-electron chi connectivity index (χ3n) is 4.06. The monoisotopic (exact) mass is 536 g/mol. The van der Waals surface area contributed by atoms with Crippen molar-refractivity contribution in [2.24, 2.45) is 10.1 Å². The zero-order valence-corrected chi connectivity index (χ0v) is 19.7. The first-order chi connectivity index (χ1) is 13.3. The van der Waals surface area contributed by atoms with Crippen LogP contribution in [0.4, 0.5) is 4.79 Å². The Morgan fingerprint density at radius 2 is 1.90 bits per heavy atom. The van der Waals surface area contributed by atoms with Crippen LogP contribution in [-0.2, 0) is 19.6 Å². The summed E-state index contributed by atoms with van der Waals surface area (Å²) in [6.45, 7) is 7.23. The summed E-state index contributed by atoms with van der Waals surface area (Å²) in [6, 6.07) is 5.33. The number of piperidine rings is 1. The average Bonchev–Trinajstić information content (AvgIpc) is 2.59. The number of sulfonamides is 1. The minimum absolute atomic E-state index is 0.0173. The highest BCUT2D eigenvalue weighted by molar-refractivity contribution is 14.1. The summed E-state index contributed by atoms with van der Waals surface area (Å²) in [4.78, 5) is 26.2. The van der Waals surface area contributed by atoms with E-state index in [9.17, 15) is 18.0 Å². The van der Waals surface area contributed by atoms with Gasteiger partial charge in [-0.15, -0.1) is 4.40 Å². The van der Waals surface area contributed by atoms with Gasteiger partial charge in [0.15, 0.2) is 0 Å². The standard InChI is InChI=1S/C18H25IN4O5S/c1-12-7-9-13(10-8-12)29(26,27)21-16(20)22-11-5-6-14(15(22)24)23(19)17(25)28-18(2,3)4/h7-10,14H,5-6,11H2,1-4H3,(H2,20,21)/t14-/m0/s1. The second-order valence-electron chi connectivity index (χ2n) is 7.68. The first-order valence-electron chi connectivity index (χ1n) is 8.98. The lowest BCUT2D eigenvalue weighted by atomic mass is 10.1. The molecule has 1 heterocycles. The van der Waals surface area contributed by atoms with E-state index in [2.05, 4.69) is 4.40 Å². The van der Waals surface area contributed by atoms with Gasteiger partial charge in [0.05, 0.1) is 27.8 Å². The molecule has 0 aromatic heterocycles. The number of carbonyl (C=O) groups excluding carboxylic acids is 2. The topological polar surface area (TPSA) is 122 Å². The van der Waals surface area contributed by atoms with Gasteiger partial charge in [-0.05, 0) is 52.7 Å². The Bertz CT molecular complexity index is 909. The predicted octanol–water partition coefficient (Wildman–Crippen LogP) is 2.58. The van der Waals surface area contributed by atoms with Gasteiger partial charge in [-0.1, -0.05) is 17.7 Å². The third kappa shape index (κ3) is 6.04. The Morgan fingerprint density at radius 3 is 2.45 bits per heavy atom. The summed E-state index contributed by atoms with van der Waals surface area (Å²) >= 11 is 1.73. The van der Waals surface area contributed by atoms with Gasteiger partial charge in [0.2, 0.25) is 5.96 Å². The van der Waals surface area contributed by atoms with Crippen molar-refractivity contribution < 1.29 is 22.7 Å². The van der Waals surface area contributed by atoms with Crippen molar-refractivity contribution >= 4 is 50.8 Å². The molecule has 1 saturated heterocycles. The van der Waals surface area contributed by atoms with Crippen LogP contribution in [0.5, 0.6) is 0 Å². The second-order valence-corrected chi connectivity index (χ2v) is 10.3. The van der Waals surface area contributed by atoms with E-state index in [1.54, 1.807) is 55.8 Å². The number of likely N-dealkylation sites (tertiary alicyclic amines) is 1. The molecule has 2 amide bonds. The van der Waals surface area contributed by atoms with E-state index >= 15 is 0 Å². The van der Waals surface area contributed by atoms with Gasteiger partial charge in [0.1, 0.15) is 11.6 Å². The Labute approximate surface area is 184 Å². The molecule has 160 valence electrons. The molecule has 0 saturated carbocycles. The fourth-order valence-electron chi connectivity index (χ4n) is 2.66. The van der Waals surface area contributed by atoms with Crippen LogP contribution in [0, 0.1) is 6.92 Å². The number of carbonyl (C=O) groups is 2. The maximum absolute atomic E-state index is 12.9. The number of nitrogens with two attached hydrogens (primary N) is 1. The van der Waals surface area contributed by atoms with Crippen LogP contribution in [0.3, 0.4) is 0 Å². The maximum Gasteiger partial charge on any atom is 0.419 e. The molecule has 0 bridgehead atoms. The molecule has 1 aromatic rings. The van der Waals surface area contributed by atoms with E-state index in [0.717, 1.165) is 10.5 Å². The summed E-state index contributed by atoms with van der Waals surface area (Å²) in [6.07, 6.45) is 0.288. The van der Waals surface area contributed by atoms with Gasteiger partial charge < -0.3 is 10.5 Å². The van der Waals surface area contributed by atoms with E-state index in [1.165, 1.54) is 15.2 Å². The van der Waals surface area contributed by atoms with Crippen molar-refractivity contribution in [2.45, 2.75) is 57.1 Å². The first-order valence-corrected chi connectivity index (χ1v) is 11.4. The molecule has 0 radical (unpaired) electrons. The highest BCUT2D eigenvalue weighted by Gasteiger charge is 2.38. The van der Waals surface area contributed by atoms with Gasteiger partial charge in [0, 0.05) is 6.54 Å². The van der Waals surface area contributed by atoms with E-state index < -0.39 is 39.6 Å². The number of guanidine groups is 1. The van der Waals surface area contributed by atoms with Gasteiger partial charge >= 0.3 is 6.09 Å². The predicted molar refractivity (Wildman–Crippen MR) is 117 cm³/mol. The number of amides is 2. The molecular weight excluding hydrogens is 511 g/mol.